The molecule has 0 radical (unpaired) electrons. The summed E-state index contributed by atoms with van der Waals surface area (Å²) in [7, 11) is 0. The van der Waals surface area contributed by atoms with E-state index < -0.39 is 0 Å². The molecule has 3 rings (SSSR count). The molecule has 1 aliphatic rings. The lowest BCUT2D eigenvalue weighted by atomic mass is 9.85. The van der Waals surface area contributed by atoms with Crippen molar-refractivity contribution in [1.82, 2.24) is 15.0 Å². The molecule has 1 aliphatic carbocycles. The van der Waals surface area contributed by atoms with E-state index >= 15 is 0 Å². The first kappa shape index (κ1) is 15.9. The van der Waals surface area contributed by atoms with Gasteiger partial charge in [-0.3, -0.25) is 4.79 Å². The molecule has 0 amide bonds. The van der Waals surface area contributed by atoms with Crippen LogP contribution in [0.15, 0.2) is 18.2 Å². The number of hydrogen-bond acceptors (Lipinski definition) is 3. The fourth-order valence-electron chi connectivity index (χ4n) is 3.60. The minimum absolute atomic E-state index is 0.488. The van der Waals surface area contributed by atoms with E-state index in [-0.39, 0.29) is 0 Å². The minimum Gasteiger partial charge on any atom is -0.296 e. The van der Waals surface area contributed by atoms with Crippen LogP contribution >= 0.6 is 0 Å². The molecule has 0 saturated heterocycles. The van der Waals surface area contributed by atoms with Crippen LogP contribution in [0.5, 0.6) is 0 Å². The third-order valence-corrected chi connectivity index (χ3v) is 5.01. The Labute approximate surface area is 137 Å². The van der Waals surface area contributed by atoms with Crippen molar-refractivity contribution < 1.29 is 4.79 Å². The van der Waals surface area contributed by atoms with Gasteiger partial charge in [0, 0.05) is 0 Å². The van der Waals surface area contributed by atoms with Crippen LogP contribution in [0.4, 0.5) is 0 Å². The lowest BCUT2D eigenvalue weighted by Crippen LogP contribution is -2.11. The van der Waals surface area contributed by atoms with Crippen LogP contribution in [0.2, 0.25) is 0 Å². The predicted octanol–water partition coefficient (Wildman–Crippen LogP) is 4.21. The maximum atomic E-state index is 11.4. The van der Waals surface area contributed by atoms with Gasteiger partial charge in [-0.1, -0.05) is 49.5 Å². The number of aromatic nitrogens is 3. The topological polar surface area (TPSA) is 47.8 Å². The van der Waals surface area contributed by atoms with Gasteiger partial charge in [-0.05, 0) is 49.8 Å². The molecule has 2 aromatic rings. The van der Waals surface area contributed by atoms with Crippen molar-refractivity contribution in [2.75, 3.05) is 0 Å². The van der Waals surface area contributed by atoms with Crippen molar-refractivity contribution in [3.63, 3.8) is 0 Å². The Balaban J connectivity index is 1.87. The number of rotatable bonds is 5. The molecule has 23 heavy (non-hydrogen) atoms. The molecule has 1 aromatic heterocycles. The number of carbonyl (C=O) groups excluding carboxylic acids is 1. The third kappa shape index (κ3) is 3.52. The quantitative estimate of drug-likeness (QED) is 0.777. The summed E-state index contributed by atoms with van der Waals surface area (Å²) < 4.78 is 1.87. The fourth-order valence-corrected chi connectivity index (χ4v) is 3.60. The van der Waals surface area contributed by atoms with E-state index in [1.165, 1.54) is 37.7 Å². The van der Waals surface area contributed by atoms with E-state index in [0.717, 1.165) is 42.0 Å². The number of nitrogens with zero attached hydrogens (tertiary/aromatic N) is 3. The monoisotopic (exact) mass is 311 g/mol. The maximum Gasteiger partial charge on any atom is 0.172 e. The number of benzene rings is 1. The smallest absolute Gasteiger partial charge is 0.172 e. The summed E-state index contributed by atoms with van der Waals surface area (Å²) in [5, 5.41) is 8.35. The summed E-state index contributed by atoms with van der Waals surface area (Å²) in [6.07, 6.45) is 9.55. The summed E-state index contributed by atoms with van der Waals surface area (Å²) in [6, 6.07) is 6.30. The van der Waals surface area contributed by atoms with E-state index in [2.05, 4.69) is 42.4 Å². The first-order valence-corrected chi connectivity index (χ1v) is 8.66. The average Bonchev–Trinajstić information content (AvgIpc) is 2.99. The van der Waals surface area contributed by atoms with Gasteiger partial charge in [0.15, 0.2) is 6.29 Å². The van der Waals surface area contributed by atoms with Crippen molar-refractivity contribution in [3.05, 3.63) is 40.7 Å². The van der Waals surface area contributed by atoms with Crippen molar-refractivity contribution >= 4 is 6.29 Å². The molecule has 0 bridgehead atoms. The highest BCUT2D eigenvalue weighted by Crippen LogP contribution is 2.28. The Kier molecular flexibility index (Phi) is 4.89. The van der Waals surface area contributed by atoms with Crippen molar-refractivity contribution in [3.8, 4) is 5.69 Å². The highest BCUT2D eigenvalue weighted by Gasteiger charge is 2.19. The molecule has 0 atom stereocenters. The Hall–Kier alpha value is -1.97. The van der Waals surface area contributed by atoms with Gasteiger partial charge in [0.25, 0.3) is 0 Å². The van der Waals surface area contributed by atoms with Gasteiger partial charge in [0.05, 0.1) is 11.4 Å². The van der Waals surface area contributed by atoms with Gasteiger partial charge in [-0.15, -0.1) is 5.10 Å². The van der Waals surface area contributed by atoms with Crippen molar-refractivity contribution in [1.29, 1.82) is 0 Å². The molecule has 0 N–H and O–H groups in total. The van der Waals surface area contributed by atoms with E-state index in [1.54, 1.807) is 0 Å². The third-order valence-electron chi connectivity index (χ3n) is 5.01. The number of hydrogen-bond donors (Lipinski definition) is 0. The Morgan fingerprint density at radius 1 is 1.22 bits per heavy atom. The minimum atomic E-state index is 0.488. The first-order valence-electron chi connectivity index (χ1n) is 8.66. The Morgan fingerprint density at radius 2 is 2.00 bits per heavy atom. The molecule has 0 unspecified atom stereocenters. The lowest BCUT2D eigenvalue weighted by molar-refractivity contribution is 0.111. The molecule has 1 fully saturated rings. The normalized spacial score (nSPS) is 15.7. The zero-order chi connectivity index (χ0) is 16.2. The fraction of sp³-hybridized carbons (Fsp3) is 0.526. The predicted molar refractivity (Wildman–Crippen MR) is 91.1 cm³/mol. The first-order chi connectivity index (χ1) is 11.2. The number of aryl methyl sites for hydroxylation is 2. The number of aldehydes is 1. The second-order valence-electron chi connectivity index (χ2n) is 6.78. The zero-order valence-corrected chi connectivity index (χ0v) is 14.1. The summed E-state index contributed by atoms with van der Waals surface area (Å²) in [6.45, 7) is 4.14. The van der Waals surface area contributed by atoms with Gasteiger partial charge >= 0.3 is 0 Å². The molecular formula is C19H25N3O. The van der Waals surface area contributed by atoms with E-state index in [0.29, 0.717) is 5.69 Å². The number of carbonyl (C=O) groups is 1. The summed E-state index contributed by atoms with van der Waals surface area (Å²) in [5.41, 5.74) is 4.81. The average molecular weight is 311 g/mol. The lowest BCUT2D eigenvalue weighted by Gasteiger charge is -2.21. The van der Waals surface area contributed by atoms with Gasteiger partial charge in [0.1, 0.15) is 5.69 Å². The highest BCUT2D eigenvalue weighted by molar-refractivity contribution is 5.73. The standard InChI is InChI=1S/C19H25N3O/c1-14-8-9-15(2)19(12-14)22-18(17(13-23)20-21-22)11-10-16-6-4-3-5-7-16/h8-9,12-13,16H,3-7,10-11H2,1-2H3. The summed E-state index contributed by atoms with van der Waals surface area (Å²) >= 11 is 0. The van der Waals surface area contributed by atoms with Crippen LogP contribution in [0, 0.1) is 19.8 Å². The summed E-state index contributed by atoms with van der Waals surface area (Å²) in [4.78, 5) is 11.4. The molecule has 1 aromatic carbocycles. The van der Waals surface area contributed by atoms with Gasteiger partial charge in [-0.2, -0.15) is 0 Å². The molecule has 0 spiro atoms. The van der Waals surface area contributed by atoms with Gasteiger partial charge in [-0.25, -0.2) is 4.68 Å². The van der Waals surface area contributed by atoms with Crippen molar-refractivity contribution in [2.24, 2.45) is 5.92 Å². The maximum absolute atomic E-state index is 11.4. The molecule has 4 nitrogen and oxygen atoms in total. The second kappa shape index (κ2) is 7.07. The van der Waals surface area contributed by atoms with Crippen molar-refractivity contribution in [2.45, 2.75) is 58.8 Å². The Bertz CT molecular complexity index is 684. The second-order valence-corrected chi connectivity index (χ2v) is 6.78. The molecule has 4 heteroatoms. The van der Waals surface area contributed by atoms with E-state index in [1.807, 2.05) is 4.68 Å². The van der Waals surface area contributed by atoms with Crippen LogP contribution in [0.1, 0.15) is 65.8 Å². The Morgan fingerprint density at radius 3 is 2.74 bits per heavy atom. The van der Waals surface area contributed by atoms with Crippen LogP contribution in [0.25, 0.3) is 5.69 Å². The largest absolute Gasteiger partial charge is 0.296 e. The van der Waals surface area contributed by atoms with Crippen LogP contribution < -0.4 is 0 Å². The van der Waals surface area contributed by atoms with Crippen LogP contribution in [-0.4, -0.2) is 21.3 Å². The molecular weight excluding hydrogens is 286 g/mol. The molecule has 1 heterocycles. The zero-order valence-electron chi connectivity index (χ0n) is 14.1. The SMILES string of the molecule is Cc1ccc(C)c(-n2nnc(C=O)c2CCC2CCCCC2)c1. The van der Waals surface area contributed by atoms with E-state index in [4.69, 9.17) is 0 Å². The molecule has 122 valence electrons. The highest BCUT2D eigenvalue weighted by atomic mass is 16.1. The molecule has 1 saturated carbocycles. The molecule has 0 aliphatic heterocycles. The summed E-state index contributed by atoms with van der Waals surface area (Å²) in [5.74, 6) is 0.783. The van der Waals surface area contributed by atoms with Crippen LogP contribution in [-0.2, 0) is 6.42 Å². The van der Waals surface area contributed by atoms with E-state index in [9.17, 15) is 4.79 Å². The van der Waals surface area contributed by atoms with Gasteiger partial charge < -0.3 is 0 Å². The van der Waals surface area contributed by atoms with Gasteiger partial charge in [0.2, 0.25) is 0 Å². The van der Waals surface area contributed by atoms with Crippen LogP contribution in [0.3, 0.4) is 0 Å².